The molecule has 0 saturated carbocycles. The monoisotopic (exact) mass is 166 g/mol. The van der Waals surface area contributed by atoms with Crippen molar-refractivity contribution in [2.45, 2.75) is 19.8 Å². The van der Waals surface area contributed by atoms with E-state index in [-0.39, 0.29) is 6.47 Å². The molecule has 1 aliphatic rings. The molecule has 1 aliphatic carbocycles. The van der Waals surface area contributed by atoms with Crippen LogP contribution >= 0.6 is 0 Å². The Hall–Kier alpha value is -1.38. The lowest BCUT2D eigenvalue weighted by Gasteiger charge is -2.09. The molecule has 64 valence electrons. The Bertz CT molecular complexity index is 261. The summed E-state index contributed by atoms with van der Waals surface area (Å²) in [5.41, 5.74) is 1.58. The van der Waals surface area contributed by atoms with Crippen LogP contribution < -0.4 is 0 Å². The molecule has 0 saturated heterocycles. The lowest BCUT2D eigenvalue weighted by atomic mass is 9.99. The van der Waals surface area contributed by atoms with Gasteiger partial charge in [0, 0.05) is 5.57 Å². The van der Waals surface area contributed by atoms with E-state index in [1.165, 1.54) is 0 Å². The maximum Gasteiger partial charge on any atom is 0.341 e. The van der Waals surface area contributed by atoms with Gasteiger partial charge in [-0.15, -0.1) is 0 Å². The van der Waals surface area contributed by atoms with Gasteiger partial charge < -0.3 is 4.74 Å². The van der Waals surface area contributed by atoms with Gasteiger partial charge in [0.2, 0.25) is 0 Å². The van der Waals surface area contributed by atoms with E-state index < -0.39 is 5.97 Å². The Balaban J connectivity index is 2.72. The van der Waals surface area contributed by atoms with Gasteiger partial charge >= 0.3 is 12.4 Å². The van der Waals surface area contributed by atoms with Crippen LogP contribution in [0.25, 0.3) is 0 Å². The summed E-state index contributed by atoms with van der Waals surface area (Å²) in [5, 5.41) is 0. The first-order valence-corrected chi connectivity index (χ1v) is 3.74. The summed E-state index contributed by atoms with van der Waals surface area (Å²) in [6.45, 7) is 2.03. The van der Waals surface area contributed by atoms with Crippen LogP contribution in [0.2, 0.25) is 0 Å². The Kier molecular flexibility index (Phi) is 2.80. The summed E-state index contributed by atoms with van der Waals surface area (Å²) in [7, 11) is 0. The molecular weight excluding hydrogens is 156 g/mol. The topological polar surface area (TPSA) is 43.4 Å². The van der Waals surface area contributed by atoms with Gasteiger partial charge in [-0.1, -0.05) is 17.7 Å². The molecular formula is C9H10O3. The average molecular weight is 166 g/mol. The number of esters is 1. The fourth-order valence-electron chi connectivity index (χ4n) is 1.13. The first-order valence-electron chi connectivity index (χ1n) is 3.74. The second-order valence-corrected chi connectivity index (χ2v) is 2.64. The number of hydrogen-bond donors (Lipinski definition) is 0. The average Bonchev–Trinajstić information content (AvgIpc) is 2.05. The second-order valence-electron chi connectivity index (χ2n) is 2.64. The van der Waals surface area contributed by atoms with Gasteiger partial charge in [0.25, 0.3) is 0 Å². The normalized spacial score (nSPS) is 16.1. The molecule has 0 aliphatic heterocycles. The van der Waals surface area contributed by atoms with E-state index in [1.807, 2.05) is 19.1 Å². The second kappa shape index (κ2) is 3.85. The molecule has 1 rings (SSSR count). The Morgan fingerprint density at radius 1 is 1.50 bits per heavy atom. The van der Waals surface area contributed by atoms with Crippen molar-refractivity contribution >= 4 is 12.4 Å². The number of allylic oxidation sites excluding steroid dienone is 3. The van der Waals surface area contributed by atoms with E-state index in [0.29, 0.717) is 12.0 Å². The fraction of sp³-hybridized carbons (Fsp3) is 0.333. The molecule has 0 unspecified atom stereocenters. The van der Waals surface area contributed by atoms with Gasteiger partial charge in [-0.25, -0.2) is 4.79 Å². The van der Waals surface area contributed by atoms with Gasteiger partial charge in [-0.2, -0.15) is 0 Å². The maximum atomic E-state index is 11.1. The number of ether oxygens (including phenoxy) is 1. The van der Waals surface area contributed by atoms with Crippen LogP contribution in [0.5, 0.6) is 0 Å². The zero-order chi connectivity index (χ0) is 8.97. The first-order chi connectivity index (χ1) is 5.75. The first kappa shape index (κ1) is 8.71. The summed E-state index contributed by atoms with van der Waals surface area (Å²) >= 11 is 0. The predicted molar refractivity (Wildman–Crippen MR) is 43.2 cm³/mol. The van der Waals surface area contributed by atoms with Crippen LogP contribution in [0, 0.1) is 0 Å². The summed E-state index contributed by atoms with van der Waals surface area (Å²) < 4.78 is 4.24. The van der Waals surface area contributed by atoms with Crippen molar-refractivity contribution in [2.75, 3.05) is 0 Å². The number of rotatable bonds is 2. The molecule has 0 aromatic rings. The number of hydrogen-bond acceptors (Lipinski definition) is 3. The standard InChI is InChI=1S/C9H10O3/c1-7-4-2-3-5-8(7)9(11)12-6-10/h2-3,6H,4-5H2,1H3. The molecule has 0 N–H and O–H groups in total. The summed E-state index contributed by atoms with van der Waals surface area (Å²) in [4.78, 5) is 20.9. The molecule has 3 nitrogen and oxygen atoms in total. The fourth-order valence-corrected chi connectivity index (χ4v) is 1.13. The summed E-state index contributed by atoms with van der Waals surface area (Å²) in [5.74, 6) is -0.521. The van der Waals surface area contributed by atoms with Crippen LogP contribution in [0.1, 0.15) is 19.8 Å². The van der Waals surface area contributed by atoms with E-state index in [2.05, 4.69) is 4.74 Å². The minimum absolute atomic E-state index is 0.168. The van der Waals surface area contributed by atoms with Crippen molar-refractivity contribution in [3.63, 3.8) is 0 Å². The Labute approximate surface area is 70.7 Å². The third-order valence-electron chi connectivity index (χ3n) is 1.83. The van der Waals surface area contributed by atoms with Gasteiger partial charge in [0.05, 0.1) is 0 Å². The Morgan fingerprint density at radius 2 is 2.17 bits per heavy atom. The van der Waals surface area contributed by atoms with Crippen LogP contribution in [0.4, 0.5) is 0 Å². The molecule has 0 heterocycles. The van der Waals surface area contributed by atoms with Gasteiger partial charge in [-0.3, -0.25) is 4.79 Å². The zero-order valence-electron chi connectivity index (χ0n) is 6.87. The maximum absolute atomic E-state index is 11.1. The van der Waals surface area contributed by atoms with Crippen LogP contribution in [0.3, 0.4) is 0 Å². The molecule has 0 aromatic carbocycles. The smallest absolute Gasteiger partial charge is 0.341 e. The molecule has 12 heavy (non-hydrogen) atoms. The van der Waals surface area contributed by atoms with E-state index >= 15 is 0 Å². The largest absolute Gasteiger partial charge is 0.392 e. The number of carbonyl (C=O) groups is 2. The minimum Gasteiger partial charge on any atom is -0.392 e. The predicted octanol–water partition coefficient (Wildman–Crippen LogP) is 1.35. The highest BCUT2D eigenvalue weighted by molar-refractivity contribution is 5.93. The van der Waals surface area contributed by atoms with E-state index in [4.69, 9.17) is 0 Å². The van der Waals surface area contributed by atoms with Gasteiger partial charge in [0.1, 0.15) is 0 Å². The highest BCUT2D eigenvalue weighted by Crippen LogP contribution is 2.19. The van der Waals surface area contributed by atoms with Gasteiger partial charge in [0.15, 0.2) is 0 Å². The molecule has 0 radical (unpaired) electrons. The lowest BCUT2D eigenvalue weighted by molar-refractivity contribution is -0.148. The molecule has 0 spiro atoms. The highest BCUT2D eigenvalue weighted by atomic mass is 16.6. The van der Waals surface area contributed by atoms with Crippen LogP contribution in [0.15, 0.2) is 23.3 Å². The molecule has 3 heteroatoms. The van der Waals surface area contributed by atoms with Crippen molar-refractivity contribution in [3.8, 4) is 0 Å². The molecule has 0 bridgehead atoms. The van der Waals surface area contributed by atoms with Crippen molar-refractivity contribution in [1.29, 1.82) is 0 Å². The minimum atomic E-state index is -0.521. The molecule has 0 amide bonds. The highest BCUT2D eigenvalue weighted by Gasteiger charge is 2.14. The van der Waals surface area contributed by atoms with Crippen molar-refractivity contribution in [1.82, 2.24) is 0 Å². The van der Waals surface area contributed by atoms with E-state index in [1.54, 1.807) is 0 Å². The molecule has 0 atom stereocenters. The van der Waals surface area contributed by atoms with Crippen molar-refractivity contribution in [3.05, 3.63) is 23.3 Å². The van der Waals surface area contributed by atoms with Gasteiger partial charge in [-0.05, 0) is 19.8 Å². The molecule has 0 fully saturated rings. The third kappa shape index (κ3) is 1.81. The quantitative estimate of drug-likeness (QED) is 0.269. The Morgan fingerprint density at radius 3 is 2.75 bits per heavy atom. The zero-order valence-corrected chi connectivity index (χ0v) is 6.87. The van der Waals surface area contributed by atoms with E-state index in [0.717, 1.165) is 12.0 Å². The number of carbonyl (C=O) groups excluding carboxylic acids is 2. The lowest BCUT2D eigenvalue weighted by Crippen LogP contribution is -2.09. The van der Waals surface area contributed by atoms with Crippen molar-refractivity contribution in [2.24, 2.45) is 0 Å². The van der Waals surface area contributed by atoms with Crippen molar-refractivity contribution < 1.29 is 14.3 Å². The summed E-state index contributed by atoms with van der Waals surface area (Å²) in [6.07, 6.45) is 5.23. The van der Waals surface area contributed by atoms with Crippen LogP contribution in [-0.2, 0) is 14.3 Å². The van der Waals surface area contributed by atoms with E-state index in [9.17, 15) is 9.59 Å². The molecule has 0 aromatic heterocycles. The van der Waals surface area contributed by atoms with Crippen LogP contribution in [-0.4, -0.2) is 12.4 Å². The summed E-state index contributed by atoms with van der Waals surface area (Å²) in [6, 6.07) is 0. The third-order valence-corrected chi connectivity index (χ3v) is 1.83. The SMILES string of the molecule is CC1=C(C(=O)OC=O)CC=CC1.